The van der Waals surface area contributed by atoms with Crippen molar-refractivity contribution in [1.29, 1.82) is 0 Å². The van der Waals surface area contributed by atoms with Gasteiger partial charge in [-0.3, -0.25) is 0 Å². The first-order valence-electron chi connectivity index (χ1n) is 28.5. The van der Waals surface area contributed by atoms with Crippen molar-refractivity contribution in [2.75, 3.05) is 0 Å². The smallest absolute Gasteiger partial charge is 0.166 e. The van der Waals surface area contributed by atoms with Crippen molar-refractivity contribution in [2.45, 2.75) is 0 Å². The fourth-order valence-corrected chi connectivity index (χ4v) is 14.0. The predicted molar refractivity (Wildman–Crippen MR) is 340 cm³/mol. The molecule has 17 aromatic rings. The van der Waals surface area contributed by atoms with Crippen LogP contribution in [0.25, 0.3) is 164 Å². The molecule has 0 spiro atoms. The molecule has 0 amide bonds. The van der Waals surface area contributed by atoms with Crippen molar-refractivity contribution in [3.05, 3.63) is 255 Å². The molecule has 0 bridgehead atoms. The third kappa shape index (κ3) is 7.43. The first-order valence-corrected chi connectivity index (χ1v) is 28.7. The third-order valence-electron chi connectivity index (χ3n) is 15.6. The molecule has 11 aromatic carbocycles. The molecule has 0 aliphatic rings. The summed E-state index contributed by atoms with van der Waals surface area (Å²) in [6, 6.07) is 79.5. The molecule has 6 aromatic heterocycles. The molecular weight excluding hydrogens is 1040 g/mol. The van der Waals surface area contributed by atoms with Crippen LogP contribution in [0.1, 0.15) is 4.11 Å². The van der Waals surface area contributed by atoms with Gasteiger partial charge in [0.05, 0.1) is 31.9 Å². The lowest BCUT2D eigenvalue weighted by Crippen LogP contribution is -2.05. The zero-order valence-corrected chi connectivity index (χ0v) is 45.0. The lowest BCUT2D eigenvalue weighted by atomic mass is 10.0. The molecule has 0 radical (unpaired) electrons. The number of hydrogen-bond acceptors (Lipinski definition) is 8. The molecule has 0 unspecified atom stereocenters. The molecular formula is C72H42N8S2. The first-order chi connectivity index (χ1) is 41.9. The Morgan fingerprint density at radius 3 is 1.38 bits per heavy atom. The molecule has 0 saturated heterocycles. The topological polar surface area (TPSA) is 87.2 Å². The van der Waals surface area contributed by atoms with E-state index in [-0.39, 0.29) is 46.6 Å². The highest BCUT2D eigenvalue weighted by atomic mass is 32.1. The maximum absolute atomic E-state index is 10.9. The van der Waals surface area contributed by atoms with E-state index < -0.39 is 0 Å². The minimum atomic E-state index is -0.239. The Hall–Kier alpha value is -10.5. The number of fused-ring (bicyclic) bond motifs is 13. The summed E-state index contributed by atoms with van der Waals surface area (Å²) in [6.45, 7) is 0. The summed E-state index contributed by atoms with van der Waals surface area (Å²) in [5.74, 6) is 1.70. The van der Waals surface area contributed by atoms with Crippen LogP contribution in [0.4, 0.5) is 0 Å². The molecule has 82 heavy (non-hydrogen) atoms. The van der Waals surface area contributed by atoms with Gasteiger partial charge in [-0.25, -0.2) is 29.9 Å². The molecule has 8 nitrogen and oxygen atoms in total. The highest BCUT2D eigenvalue weighted by Gasteiger charge is 2.26. The summed E-state index contributed by atoms with van der Waals surface area (Å²) in [5.41, 5.74) is 8.02. The maximum Gasteiger partial charge on any atom is 0.166 e. The van der Waals surface area contributed by atoms with Gasteiger partial charge in [-0.2, -0.15) is 0 Å². The average molecular weight is 1090 g/mol. The highest BCUT2D eigenvalue weighted by Crippen LogP contribution is 2.46. The normalized spacial score (nSPS) is 12.4. The highest BCUT2D eigenvalue weighted by molar-refractivity contribution is 7.26. The molecule has 17 rings (SSSR count). The summed E-state index contributed by atoms with van der Waals surface area (Å²) in [4.78, 5) is 31.2. The predicted octanol–water partition coefficient (Wildman–Crippen LogP) is 19.0. The van der Waals surface area contributed by atoms with Crippen molar-refractivity contribution in [3.8, 4) is 79.7 Å². The second-order valence-corrected chi connectivity index (χ2v) is 22.5. The van der Waals surface area contributed by atoms with E-state index >= 15 is 0 Å². The molecule has 0 aliphatic heterocycles. The summed E-state index contributed by atoms with van der Waals surface area (Å²) >= 11 is 3.52. The zero-order chi connectivity index (χ0) is 56.4. The Balaban J connectivity index is 0.995. The lowest BCUT2D eigenvalue weighted by Gasteiger charge is -2.17. The summed E-state index contributed by atoms with van der Waals surface area (Å²) in [5, 5.41) is 8.43. The van der Waals surface area contributed by atoms with E-state index in [0.717, 1.165) is 87.0 Å². The largest absolute Gasteiger partial charge is 0.309 e. The second-order valence-electron chi connectivity index (χ2n) is 20.3. The molecule has 0 N–H and O–H groups in total. The third-order valence-corrected chi connectivity index (χ3v) is 17.9. The van der Waals surface area contributed by atoms with E-state index in [2.05, 4.69) is 130 Å². The van der Waals surface area contributed by atoms with Gasteiger partial charge in [-0.1, -0.05) is 170 Å². The van der Waals surface area contributed by atoms with E-state index in [4.69, 9.17) is 29.9 Å². The zero-order valence-electron chi connectivity index (χ0n) is 46.4. The number of benzene rings is 11. The first kappa shape index (κ1) is 43.4. The molecule has 0 fully saturated rings. The van der Waals surface area contributed by atoms with E-state index in [9.17, 15) is 4.11 Å². The Kier molecular flexibility index (Phi) is 9.80. The van der Waals surface area contributed by atoms with Crippen molar-refractivity contribution >= 4 is 107 Å². The number of rotatable bonds is 8. The molecule has 0 aliphatic carbocycles. The Bertz CT molecular complexity index is 5550. The van der Waals surface area contributed by atoms with Crippen molar-refractivity contribution in [1.82, 2.24) is 39.0 Å². The fourth-order valence-electron chi connectivity index (χ4n) is 11.8. The van der Waals surface area contributed by atoms with E-state index in [0.29, 0.717) is 23.3 Å². The molecule has 0 atom stereocenters. The summed E-state index contributed by atoms with van der Waals surface area (Å²) < 4.78 is 41.2. The van der Waals surface area contributed by atoms with Crippen LogP contribution >= 0.6 is 22.7 Å². The minimum Gasteiger partial charge on any atom is -0.309 e. The van der Waals surface area contributed by atoms with Crippen molar-refractivity contribution in [3.63, 3.8) is 0 Å². The van der Waals surface area contributed by atoms with Gasteiger partial charge in [0.25, 0.3) is 0 Å². The van der Waals surface area contributed by atoms with Gasteiger partial charge in [-0.05, 0) is 84.9 Å². The van der Waals surface area contributed by atoms with E-state index in [1.165, 1.54) is 24.9 Å². The van der Waals surface area contributed by atoms with Gasteiger partial charge in [-0.15, -0.1) is 22.7 Å². The van der Waals surface area contributed by atoms with Gasteiger partial charge in [0.15, 0.2) is 34.9 Å². The molecule has 6 heterocycles. The number of para-hydroxylation sites is 2. The summed E-state index contributed by atoms with van der Waals surface area (Å²) in [7, 11) is 0. The molecule has 382 valence electrons. The van der Waals surface area contributed by atoms with Crippen LogP contribution in [-0.4, -0.2) is 39.0 Å². The van der Waals surface area contributed by atoms with Crippen molar-refractivity contribution in [2.24, 2.45) is 0 Å². The number of nitrogens with zero attached hydrogens (tertiary/aromatic N) is 8. The van der Waals surface area contributed by atoms with Crippen LogP contribution in [0.5, 0.6) is 0 Å². The molecule has 10 heteroatoms. The van der Waals surface area contributed by atoms with Gasteiger partial charge >= 0.3 is 0 Å². The van der Waals surface area contributed by atoms with Crippen LogP contribution in [0.3, 0.4) is 0 Å². The van der Waals surface area contributed by atoms with Gasteiger partial charge in [0, 0.05) is 101 Å². The Morgan fingerprint density at radius 2 is 0.768 bits per heavy atom. The van der Waals surface area contributed by atoms with Crippen LogP contribution < -0.4 is 0 Å². The van der Waals surface area contributed by atoms with E-state index in [1.54, 1.807) is 22.7 Å². The SMILES string of the molecule is [2H]c1c([2H])c(-n2c3ccccc3c3ccc4c(c5ccccc5n4-c4ccc5sc6ccccc6c5c4)c32)c(-c2nc(-c3ccccc3)nc(-c3ccccc3)n2)c([2H])c1-c1nc(-c2ccccc2)nc(-c2ccc3sc4ccccc4c3c2)n1. The van der Waals surface area contributed by atoms with Gasteiger partial charge in [0.2, 0.25) is 0 Å². The lowest BCUT2D eigenvalue weighted by molar-refractivity contribution is 1.06. The van der Waals surface area contributed by atoms with Crippen LogP contribution in [0, 0.1) is 0 Å². The number of hydrogen-bond donors (Lipinski definition) is 0. The summed E-state index contributed by atoms with van der Waals surface area (Å²) in [6.07, 6.45) is 0. The monoisotopic (exact) mass is 1090 g/mol. The number of aromatic nitrogens is 8. The Morgan fingerprint density at radius 1 is 0.305 bits per heavy atom. The van der Waals surface area contributed by atoms with E-state index in [1.807, 2.05) is 115 Å². The minimum absolute atomic E-state index is 0.0356. The number of thiophene rings is 2. The van der Waals surface area contributed by atoms with Crippen LogP contribution in [-0.2, 0) is 0 Å². The maximum atomic E-state index is 10.9. The Labute approximate surface area is 481 Å². The van der Waals surface area contributed by atoms with Crippen molar-refractivity contribution < 1.29 is 4.11 Å². The standard InChI is InChI=1S/C72H42N8S2/c1-4-18-43(19-5-1)67-74-70(76-71(75-67)47-33-38-63-54(40-47)50-25-12-16-30-61(50)81-63)46-32-36-59(56(41-46)72-77-68(44-20-6-2-7-21-44)73-69(78-72)45-22-8-3-9-23-45)80-57-28-14-10-24-49(57)52-35-37-60-65(66(52)80)53-27-11-15-29-58(53)79(60)48-34-39-64-55(42-48)51-26-13-17-31-62(51)82-64/h1-42H/i32D,36D,41D. The second kappa shape index (κ2) is 18.5. The molecule has 0 saturated carbocycles. The van der Waals surface area contributed by atoms with Gasteiger partial charge < -0.3 is 9.13 Å². The van der Waals surface area contributed by atoms with Gasteiger partial charge in [0.1, 0.15) is 0 Å². The fraction of sp³-hybridized carbons (Fsp3) is 0. The quantitative estimate of drug-likeness (QED) is 0.151. The van der Waals surface area contributed by atoms with Crippen LogP contribution in [0.2, 0.25) is 0 Å². The van der Waals surface area contributed by atoms with Crippen LogP contribution in [0.15, 0.2) is 255 Å². The average Bonchev–Trinajstić information content (AvgIpc) is 1.71.